The topological polar surface area (TPSA) is 3.88 Å². The zero-order valence-corrected chi connectivity index (χ0v) is 10.2. The fraction of sp³-hybridized carbons (Fsp3) is 0.154. The molecule has 0 bridgehead atoms. The summed E-state index contributed by atoms with van der Waals surface area (Å²) in [7, 11) is 0. The molecule has 0 saturated heterocycles. The number of aromatic nitrogens is 1. The van der Waals surface area contributed by atoms with E-state index in [2.05, 4.69) is 76.2 Å². The summed E-state index contributed by atoms with van der Waals surface area (Å²) in [4.78, 5) is 0. The molecule has 2 aromatic rings. The van der Waals surface area contributed by atoms with Gasteiger partial charge in [0.2, 0.25) is 0 Å². The summed E-state index contributed by atoms with van der Waals surface area (Å²) < 4.78 is 3.27. The number of hydrogen-bond donors (Lipinski definition) is 0. The van der Waals surface area contributed by atoms with Gasteiger partial charge in [-0.05, 0) is 30.2 Å². The van der Waals surface area contributed by atoms with E-state index >= 15 is 0 Å². The first-order valence-corrected chi connectivity index (χ1v) is 5.84. The quantitative estimate of drug-likeness (QED) is 0.731. The SMILES string of the molecule is CC[n+]1ccc(-c2ccc(Br)cc2)cc1. The molecule has 0 fully saturated rings. The number of pyridine rings is 1. The third-order valence-corrected chi connectivity index (χ3v) is 2.96. The maximum absolute atomic E-state index is 3.44. The van der Waals surface area contributed by atoms with Crippen molar-refractivity contribution in [3.63, 3.8) is 0 Å². The maximum atomic E-state index is 3.44. The summed E-state index contributed by atoms with van der Waals surface area (Å²) in [5.41, 5.74) is 2.51. The normalized spacial score (nSPS) is 10.3. The van der Waals surface area contributed by atoms with E-state index in [0.29, 0.717) is 0 Å². The van der Waals surface area contributed by atoms with E-state index in [0.717, 1.165) is 11.0 Å². The van der Waals surface area contributed by atoms with Crippen LogP contribution >= 0.6 is 15.9 Å². The molecule has 0 aliphatic rings. The zero-order chi connectivity index (χ0) is 10.7. The van der Waals surface area contributed by atoms with Crippen molar-refractivity contribution in [3.05, 3.63) is 53.3 Å². The van der Waals surface area contributed by atoms with Crippen molar-refractivity contribution in [1.82, 2.24) is 0 Å². The van der Waals surface area contributed by atoms with Crippen LogP contribution < -0.4 is 4.57 Å². The Morgan fingerprint density at radius 3 is 2.00 bits per heavy atom. The average Bonchev–Trinajstić information content (AvgIpc) is 2.30. The van der Waals surface area contributed by atoms with Gasteiger partial charge in [0, 0.05) is 16.6 Å². The fourth-order valence-electron chi connectivity index (χ4n) is 1.50. The zero-order valence-electron chi connectivity index (χ0n) is 8.65. The molecule has 0 N–H and O–H groups in total. The van der Waals surface area contributed by atoms with Crippen LogP contribution in [-0.4, -0.2) is 0 Å². The largest absolute Gasteiger partial charge is 0.205 e. The minimum absolute atomic E-state index is 1.01. The Morgan fingerprint density at radius 1 is 0.933 bits per heavy atom. The van der Waals surface area contributed by atoms with Crippen molar-refractivity contribution in [3.8, 4) is 11.1 Å². The van der Waals surface area contributed by atoms with Crippen LogP contribution in [-0.2, 0) is 6.54 Å². The summed E-state index contributed by atoms with van der Waals surface area (Å²) in [5, 5.41) is 0. The van der Waals surface area contributed by atoms with E-state index in [1.165, 1.54) is 11.1 Å². The summed E-state index contributed by atoms with van der Waals surface area (Å²) in [6.07, 6.45) is 4.22. The van der Waals surface area contributed by atoms with Crippen molar-refractivity contribution < 1.29 is 4.57 Å². The Labute approximate surface area is 98.5 Å². The number of rotatable bonds is 2. The summed E-state index contributed by atoms with van der Waals surface area (Å²) >= 11 is 3.44. The molecule has 1 nitrogen and oxygen atoms in total. The second-order valence-electron chi connectivity index (χ2n) is 3.42. The van der Waals surface area contributed by atoms with E-state index in [9.17, 15) is 0 Å². The van der Waals surface area contributed by atoms with Gasteiger partial charge in [0.1, 0.15) is 6.54 Å². The molecule has 0 aliphatic carbocycles. The lowest BCUT2D eigenvalue weighted by atomic mass is 10.1. The molecule has 0 unspecified atom stereocenters. The highest BCUT2D eigenvalue weighted by molar-refractivity contribution is 9.10. The highest BCUT2D eigenvalue weighted by Gasteiger charge is 2.00. The highest BCUT2D eigenvalue weighted by Crippen LogP contribution is 2.20. The molecule has 15 heavy (non-hydrogen) atoms. The van der Waals surface area contributed by atoms with E-state index < -0.39 is 0 Å². The third kappa shape index (κ3) is 2.45. The molecule has 76 valence electrons. The number of benzene rings is 1. The second kappa shape index (κ2) is 4.58. The van der Waals surface area contributed by atoms with Gasteiger partial charge >= 0.3 is 0 Å². The van der Waals surface area contributed by atoms with Gasteiger partial charge < -0.3 is 0 Å². The molecule has 2 heteroatoms. The third-order valence-electron chi connectivity index (χ3n) is 2.43. The monoisotopic (exact) mass is 262 g/mol. The Bertz CT molecular complexity index is 431. The van der Waals surface area contributed by atoms with E-state index in [4.69, 9.17) is 0 Å². The number of hydrogen-bond acceptors (Lipinski definition) is 0. The first-order valence-electron chi connectivity index (χ1n) is 5.04. The minimum atomic E-state index is 1.01. The molecule has 0 aliphatic heterocycles. The lowest BCUT2D eigenvalue weighted by Gasteiger charge is -2.00. The summed E-state index contributed by atoms with van der Waals surface area (Å²) in [6, 6.07) is 12.7. The average molecular weight is 263 g/mol. The first kappa shape index (κ1) is 10.4. The molecule has 0 spiro atoms. The molecular formula is C13H13BrN+. The lowest BCUT2D eigenvalue weighted by molar-refractivity contribution is -0.693. The van der Waals surface area contributed by atoms with Crippen molar-refractivity contribution in [2.75, 3.05) is 0 Å². The van der Waals surface area contributed by atoms with Gasteiger partial charge in [-0.3, -0.25) is 0 Å². The Balaban J connectivity index is 2.33. The molecule has 1 heterocycles. The van der Waals surface area contributed by atoms with Crippen LogP contribution in [0.3, 0.4) is 0 Å². The molecule has 1 aromatic heterocycles. The van der Waals surface area contributed by atoms with E-state index in [1.54, 1.807) is 0 Å². The van der Waals surface area contributed by atoms with Crippen molar-refractivity contribution in [2.45, 2.75) is 13.5 Å². The number of aryl methyl sites for hydroxylation is 1. The predicted molar refractivity (Wildman–Crippen MR) is 65.4 cm³/mol. The van der Waals surface area contributed by atoms with Crippen LogP contribution in [0.1, 0.15) is 6.92 Å². The molecule has 1 aromatic carbocycles. The number of halogens is 1. The van der Waals surface area contributed by atoms with Crippen LogP contribution in [0.5, 0.6) is 0 Å². The summed E-state index contributed by atoms with van der Waals surface area (Å²) in [5.74, 6) is 0. The molecular weight excluding hydrogens is 250 g/mol. The standard InChI is InChI=1S/C13H13BrN/c1-2-15-9-7-12(8-10-15)11-3-5-13(14)6-4-11/h3-10H,2H2,1H3/q+1. The van der Waals surface area contributed by atoms with Gasteiger partial charge in [-0.15, -0.1) is 0 Å². The first-order chi connectivity index (χ1) is 7.29. The van der Waals surface area contributed by atoms with Crippen LogP contribution in [0.25, 0.3) is 11.1 Å². The summed E-state index contributed by atoms with van der Waals surface area (Å²) in [6.45, 7) is 3.15. The van der Waals surface area contributed by atoms with Gasteiger partial charge in [-0.1, -0.05) is 28.1 Å². The van der Waals surface area contributed by atoms with Gasteiger partial charge in [0.05, 0.1) is 0 Å². The van der Waals surface area contributed by atoms with Crippen molar-refractivity contribution in [1.29, 1.82) is 0 Å². The second-order valence-corrected chi connectivity index (χ2v) is 4.34. The van der Waals surface area contributed by atoms with Crippen molar-refractivity contribution >= 4 is 15.9 Å². The van der Waals surface area contributed by atoms with E-state index in [-0.39, 0.29) is 0 Å². The smallest absolute Gasteiger partial charge is 0.169 e. The predicted octanol–water partition coefficient (Wildman–Crippen LogP) is 3.42. The molecule has 0 atom stereocenters. The van der Waals surface area contributed by atoms with Gasteiger partial charge in [-0.25, -0.2) is 4.57 Å². The van der Waals surface area contributed by atoms with Crippen LogP contribution in [0, 0.1) is 0 Å². The van der Waals surface area contributed by atoms with Gasteiger partial charge in [0.15, 0.2) is 12.4 Å². The van der Waals surface area contributed by atoms with Crippen LogP contribution in [0.4, 0.5) is 0 Å². The van der Waals surface area contributed by atoms with E-state index in [1.807, 2.05) is 0 Å². The van der Waals surface area contributed by atoms with Crippen molar-refractivity contribution in [2.24, 2.45) is 0 Å². The van der Waals surface area contributed by atoms with Crippen LogP contribution in [0.2, 0.25) is 0 Å². The molecule has 2 rings (SSSR count). The Morgan fingerprint density at radius 2 is 1.47 bits per heavy atom. The van der Waals surface area contributed by atoms with Gasteiger partial charge in [0.25, 0.3) is 0 Å². The highest BCUT2D eigenvalue weighted by atomic mass is 79.9. The molecule has 0 amide bonds. The van der Waals surface area contributed by atoms with Crippen LogP contribution in [0.15, 0.2) is 53.3 Å². The fourth-order valence-corrected chi connectivity index (χ4v) is 1.77. The number of nitrogens with zero attached hydrogens (tertiary/aromatic N) is 1. The maximum Gasteiger partial charge on any atom is 0.169 e. The van der Waals surface area contributed by atoms with Gasteiger partial charge in [-0.2, -0.15) is 0 Å². The Hall–Kier alpha value is -1.15. The Kier molecular flexibility index (Phi) is 3.17. The lowest BCUT2D eigenvalue weighted by Crippen LogP contribution is -2.30. The molecule has 0 radical (unpaired) electrons. The molecule has 0 saturated carbocycles. The minimum Gasteiger partial charge on any atom is -0.205 e.